The zero-order valence-corrected chi connectivity index (χ0v) is 9.69. The minimum absolute atomic E-state index is 0.0602. The number of hydrogen-bond acceptors (Lipinski definition) is 4. The summed E-state index contributed by atoms with van der Waals surface area (Å²) in [7, 11) is 1.85. The summed E-state index contributed by atoms with van der Waals surface area (Å²) in [6, 6.07) is 0.263. The van der Waals surface area contributed by atoms with Gasteiger partial charge in [0, 0.05) is 13.1 Å². The van der Waals surface area contributed by atoms with Crippen LogP contribution >= 0.6 is 22.9 Å². The normalized spacial score (nSPS) is 10.6. The highest BCUT2D eigenvalue weighted by Crippen LogP contribution is 2.29. The number of carboxylic acids is 1. The van der Waals surface area contributed by atoms with E-state index in [1.165, 1.54) is 0 Å². The van der Waals surface area contributed by atoms with Gasteiger partial charge in [0.05, 0.1) is 0 Å². The smallest absolute Gasteiger partial charge is 0.349 e. The van der Waals surface area contributed by atoms with Crippen LogP contribution in [0.4, 0.5) is 5.13 Å². The molecule has 0 aliphatic carbocycles. The molecule has 0 atom stereocenters. The molecule has 0 saturated heterocycles. The SMILES string of the molecule is CC(C)N(C)c1nc(Cl)c(C(=O)O)s1. The summed E-state index contributed by atoms with van der Waals surface area (Å²) in [6.45, 7) is 3.99. The predicted octanol–water partition coefficient (Wildman–Crippen LogP) is 2.34. The minimum Gasteiger partial charge on any atom is -0.477 e. The number of aromatic carboxylic acids is 1. The van der Waals surface area contributed by atoms with Crippen LogP contribution in [-0.2, 0) is 0 Å². The maximum Gasteiger partial charge on any atom is 0.349 e. The third kappa shape index (κ3) is 2.16. The Bertz CT molecular complexity index is 351. The van der Waals surface area contributed by atoms with Gasteiger partial charge >= 0.3 is 5.97 Å². The Morgan fingerprint density at radius 3 is 2.57 bits per heavy atom. The van der Waals surface area contributed by atoms with Crippen LogP contribution in [-0.4, -0.2) is 29.1 Å². The first-order valence-corrected chi connectivity index (χ1v) is 5.25. The maximum absolute atomic E-state index is 10.7. The first-order chi connectivity index (χ1) is 6.43. The van der Waals surface area contributed by atoms with Gasteiger partial charge in [0.1, 0.15) is 0 Å². The third-order valence-electron chi connectivity index (χ3n) is 1.85. The van der Waals surface area contributed by atoms with Gasteiger partial charge in [-0.05, 0) is 13.8 Å². The second-order valence-corrected chi connectivity index (χ2v) is 4.46. The summed E-state index contributed by atoms with van der Waals surface area (Å²) >= 11 is 6.77. The second-order valence-electron chi connectivity index (χ2n) is 3.13. The van der Waals surface area contributed by atoms with Crippen molar-refractivity contribution in [3.8, 4) is 0 Å². The Balaban J connectivity index is 3.02. The molecule has 0 fully saturated rings. The molecular weight excluding hydrogens is 224 g/mol. The Labute approximate surface area is 91.1 Å². The molecule has 6 heteroatoms. The van der Waals surface area contributed by atoms with Crippen LogP contribution in [0.3, 0.4) is 0 Å². The quantitative estimate of drug-likeness (QED) is 0.872. The lowest BCUT2D eigenvalue weighted by atomic mass is 10.4. The van der Waals surface area contributed by atoms with Crippen molar-refractivity contribution in [3.63, 3.8) is 0 Å². The van der Waals surface area contributed by atoms with E-state index in [0.29, 0.717) is 5.13 Å². The van der Waals surface area contributed by atoms with E-state index in [0.717, 1.165) is 11.3 Å². The Morgan fingerprint density at radius 2 is 2.21 bits per heavy atom. The van der Waals surface area contributed by atoms with Gasteiger partial charge in [-0.25, -0.2) is 9.78 Å². The molecule has 0 spiro atoms. The average Bonchev–Trinajstić information content (AvgIpc) is 2.45. The zero-order valence-electron chi connectivity index (χ0n) is 8.11. The Morgan fingerprint density at radius 1 is 1.64 bits per heavy atom. The minimum atomic E-state index is -1.03. The van der Waals surface area contributed by atoms with Crippen molar-refractivity contribution in [1.82, 2.24) is 4.98 Å². The van der Waals surface area contributed by atoms with Crippen molar-refractivity contribution in [1.29, 1.82) is 0 Å². The van der Waals surface area contributed by atoms with Crippen LogP contribution in [0.5, 0.6) is 0 Å². The second kappa shape index (κ2) is 4.14. The van der Waals surface area contributed by atoms with E-state index < -0.39 is 5.97 Å². The van der Waals surface area contributed by atoms with Crippen LogP contribution in [0, 0.1) is 0 Å². The van der Waals surface area contributed by atoms with Crippen LogP contribution in [0.2, 0.25) is 5.15 Å². The molecule has 78 valence electrons. The highest BCUT2D eigenvalue weighted by Gasteiger charge is 2.18. The van der Waals surface area contributed by atoms with E-state index in [9.17, 15) is 4.79 Å². The van der Waals surface area contributed by atoms with Gasteiger partial charge in [0.2, 0.25) is 0 Å². The first kappa shape index (κ1) is 11.3. The number of aromatic nitrogens is 1. The lowest BCUT2D eigenvalue weighted by molar-refractivity contribution is 0.0702. The zero-order chi connectivity index (χ0) is 10.9. The van der Waals surface area contributed by atoms with Crippen molar-refractivity contribution >= 4 is 34.0 Å². The summed E-state index contributed by atoms with van der Waals surface area (Å²) in [6.07, 6.45) is 0. The van der Waals surface area contributed by atoms with Crippen molar-refractivity contribution in [2.75, 3.05) is 11.9 Å². The Hall–Kier alpha value is -0.810. The molecule has 14 heavy (non-hydrogen) atoms. The number of halogens is 1. The lowest BCUT2D eigenvalue weighted by Crippen LogP contribution is -2.25. The largest absolute Gasteiger partial charge is 0.477 e. The van der Waals surface area contributed by atoms with Crippen LogP contribution in [0.1, 0.15) is 23.5 Å². The molecule has 0 saturated carbocycles. The molecule has 0 unspecified atom stereocenters. The molecule has 0 bridgehead atoms. The number of anilines is 1. The van der Waals surface area contributed by atoms with Gasteiger partial charge in [0.15, 0.2) is 15.2 Å². The van der Waals surface area contributed by atoms with Crippen molar-refractivity contribution < 1.29 is 9.90 Å². The number of carboxylic acid groups (broad SMARTS) is 1. The van der Waals surface area contributed by atoms with Gasteiger partial charge in [-0.2, -0.15) is 0 Å². The third-order valence-corrected chi connectivity index (χ3v) is 3.36. The molecule has 4 nitrogen and oxygen atoms in total. The molecular formula is C8H11ClN2O2S. The fourth-order valence-corrected chi connectivity index (χ4v) is 2.01. The molecule has 0 radical (unpaired) electrons. The van der Waals surface area contributed by atoms with Gasteiger partial charge in [-0.1, -0.05) is 22.9 Å². The van der Waals surface area contributed by atoms with E-state index in [1.54, 1.807) is 0 Å². The van der Waals surface area contributed by atoms with Gasteiger partial charge < -0.3 is 10.0 Å². The van der Waals surface area contributed by atoms with Gasteiger partial charge in [-0.15, -0.1) is 0 Å². The fraction of sp³-hybridized carbons (Fsp3) is 0.500. The van der Waals surface area contributed by atoms with Crippen molar-refractivity contribution in [3.05, 3.63) is 10.0 Å². The van der Waals surface area contributed by atoms with Crippen LogP contribution in [0.25, 0.3) is 0 Å². The standard InChI is InChI=1S/C8H11ClN2O2S/c1-4(2)11(3)8-10-6(9)5(14-8)7(12)13/h4H,1-3H3,(H,12,13). The van der Waals surface area contributed by atoms with Crippen LogP contribution < -0.4 is 4.90 Å². The highest BCUT2D eigenvalue weighted by molar-refractivity contribution is 7.18. The van der Waals surface area contributed by atoms with E-state index in [-0.39, 0.29) is 16.1 Å². The topological polar surface area (TPSA) is 53.4 Å². The number of carbonyl (C=O) groups is 1. The molecule has 1 rings (SSSR count). The first-order valence-electron chi connectivity index (χ1n) is 4.06. The molecule has 1 aromatic rings. The lowest BCUT2D eigenvalue weighted by Gasteiger charge is -2.19. The molecule has 1 heterocycles. The summed E-state index contributed by atoms with van der Waals surface area (Å²) in [5.74, 6) is -1.03. The Kier molecular flexibility index (Phi) is 3.34. The van der Waals surface area contributed by atoms with E-state index >= 15 is 0 Å². The molecule has 1 N–H and O–H groups in total. The predicted molar refractivity (Wildman–Crippen MR) is 57.6 cm³/mol. The summed E-state index contributed by atoms with van der Waals surface area (Å²) < 4.78 is 0. The summed E-state index contributed by atoms with van der Waals surface area (Å²) in [5, 5.41) is 9.45. The fourth-order valence-electron chi connectivity index (χ4n) is 0.795. The number of hydrogen-bond donors (Lipinski definition) is 1. The van der Waals surface area contributed by atoms with E-state index in [4.69, 9.17) is 16.7 Å². The van der Waals surface area contributed by atoms with E-state index in [2.05, 4.69) is 4.98 Å². The average molecular weight is 235 g/mol. The van der Waals surface area contributed by atoms with Gasteiger partial charge in [0.25, 0.3) is 0 Å². The van der Waals surface area contributed by atoms with Crippen LogP contribution in [0.15, 0.2) is 0 Å². The molecule has 0 amide bonds. The van der Waals surface area contributed by atoms with Gasteiger partial charge in [-0.3, -0.25) is 0 Å². The molecule has 0 aliphatic heterocycles. The highest BCUT2D eigenvalue weighted by atomic mass is 35.5. The molecule has 1 aromatic heterocycles. The van der Waals surface area contributed by atoms with E-state index in [1.807, 2.05) is 25.8 Å². The number of rotatable bonds is 3. The maximum atomic E-state index is 10.7. The molecule has 0 aromatic carbocycles. The summed E-state index contributed by atoms with van der Waals surface area (Å²) in [5.41, 5.74) is 0. The summed E-state index contributed by atoms with van der Waals surface area (Å²) in [4.78, 5) is 16.6. The van der Waals surface area contributed by atoms with Crippen molar-refractivity contribution in [2.45, 2.75) is 19.9 Å². The number of nitrogens with zero attached hydrogens (tertiary/aromatic N) is 2. The number of thiazole rings is 1. The van der Waals surface area contributed by atoms with Crippen molar-refractivity contribution in [2.24, 2.45) is 0 Å². The monoisotopic (exact) mass is 234 g/mol. The molecule has 0 aliphatic rings.